The van der Waals surface area contributed by atoms with Crippen LogP contribution >= 0.6 is 0 Å². The predicted octanol–water partition coefficient (Wildman–Crippen LogP) is 3.25. The summed E-state index contributed by atoms with van der Waals surface area (Å²) in [5.41, 5.74) is 1.55. The fraction of sp³-hybridized carbons (Fsp3) is 0.227. The van der Waals surface area contributed by atoms with Gasteiger partial charge in [-0.1, -0.05) is 0 Å². The Balaban J connectivity index is -0.000000206. The standard InChI is InChI=1S/C17H21NO2.4CO.CH3.Cr/c1-5-6-10-15(20-4)13-12-14-9-7-8-11-16(14)17(19)18(2)3;4*1-2;;/h5,7-9,11,13H,1,6,10H2,2-4H3;;;;;1H3;/q;;;;;-1;/b15-13+;;;;;;. The van der Waals surface area contributed by atoms with Gasteiger partial charge in [-0.2, -0.15) is 0 Å². The molecule has 0 radical (unpaired) electrons. The molecule has 0 aliphatic rings. The van der Waals surface area contributed by atoms with Gasteiger partial charge in [-0.25, -0.2) is 0 Å². The van der Waals surface area contributed by atoms with Crippen LogP contribution in [0, 0.1) is 34.0 Å². The SMILES string of the molecule is C=CCC/C(=C\[C](=[Cr])c1ccccc1C(=O)N(C)C)OC.[C-]#[O+].[C-]#[O+].[C-]#[O+].[C-]#[O+].[CH3-]. The summed E-state index contributed by atoms with van der Waals surface area (Å²) in [4.78, 5) is 13.8. The minimum atomic E-state index is -0.0168. The van der Waals surface area contributed by atoms with Gasteiger partial charge in [0.05, 0.1) is 0 Å². The zero-order valence-electron chi connectivity index (χ0n) is 17.4. The molecule has 0 aromatic heterocycles. The van der Waals surface area contributed by atoms with E-state index >= 15 is 0 Å². The van der Waals surface area contributed by atoms with E-state index in [1.54, 1.807) is 26.1 Å². The quantitative estimate of drug-likeness (QED) is 0.275. The molecule has 160 valence electrons. The Labute approximate surface area is 187 Å². The maximum absolute atomic E-state index is 12.2. The summed E-state index contributed by atoms with van der Waals surface area (Å²) in [5.74, 6) is 0.840. The molecular weight excluding hydrogens is 426 g/mol. The first-order valence-electron chi connectivity index (χ1n) is 7.53. The van der Waals surface area contributed by atoms with E-state index in [0.717, 1.165) is 28.5 Å². The Morgan fingerprint density at radius 3 is 1.87 bits per heavy atom. The van der Waals surface area contributed by atoms with Gasteiger partial charge in [-0.3, -0.25) is 0 Å². The number of ether oxygens (including phenoxy) is 1. The van der Waals surface area contributed by atoms with Crippen LogP contribution in [0.1, 0.15) is 28.8 Å². The van der Waals surface area contributed by atoms with Crippen LogP contribution in [0.4, 0.5) is 0 Å². The number of amides is 1. The third kappa shape index (κ3) is 16.3. The summed E-state index contributed by atoms with van der Waals surface area (Å²) >= 11 is 3.03. The number of methoxy groups -OCH3 is 1. The molecule has 0 saturated heterocycles. The number of benzene rings is 1. The van der Waals surface area contributed by atoms with Crippen LogP contribution in [-0.4, -0.2) is 36.4 Å². The largest absolute Gasteiger partial charge is 0.358 e. The summed E-state index contributed by atoms with van der Waals surface area (Å²) in [6.07, 6.45) is 5.43. The van der Waals surface area contributed by atoms with Crippen LogP contribution in [-0.2, 0) is 39.2 Å². The first kappa shape index (κ1) is 38.0. The van der Waals surface area contributed by atoms with Gasteiger partial charge in [0.1, 0.15) is 0 Å². The van der Waals surface area contributed by atoms with Crippen molar-refractivity contribution in [3.05, 3.63) is 93.9 Å². The van der Waals surface area contributed by atoms with Gasteiger partial charge in [0.15, 0.2) is 0 Å². The normalized spacial score (nSPS) is 7.90. The van der Waals surface area contributed by atoms with Crippen molar-refractivity contribution in [1.82, 2.24) is 4.90 Å². The van der Waals surface area contributed by atoms with Crippen molar-refractivity contribution >= 4 is 10.3 Å². The van der Waals surface area contributed by atoms with Gasteiger partial charge in [-0.05, 0) is 0 Å². The molecule has 1 rings (SSSR count). The number of rotatable bonds is 7. The maximum Gasteiger partial charge on any atom is -0.358 e. The molecule has 0 spiro atoms. The molecule has 1 amide bonds. The van der Waals surface area contributed by atoms with E-state index in [-0.39, 0.29) is 13.3 Å². The van der Waals surface area contributed by atoms with E-state index in [4.69, 9.17) is 23.3 Å². The smallest absolute Gasteiger partial charge is 0.358 e. The Bertz CT molecular complexity index is 706. The Hall–Kier alpha value is -2.67. The number of carbonyl (C=O) groups excluding carboxylic acids is 1. The van der Waals surface area contributed by atoms with Crippen LogP contribution in [0.2, 0.25) is 0 Å². The van der Waals surface area contributed by atoms with E-state index in [9.17, 15) is 4.79 Å². The average Bonchev–Trinajstić information content (AvgIpc) is 2.81. The fourth-order valence-electron chi connectivity index (χ4n) is 1.83. The number of carbonyl (C=O) groups is 1. The van der Waals surface area contributed by atoms with E-state index < -0.39 is 0 Å². The molecular formula is C22H24CrNO6-. The van der Waals surface area contributed by atoms with E-state index in [1.807, 2.05) is 36.4 Å². The summed E-state index contributed by atoms with van der Waals surface area (Å²) in [5, 5.41) is 0. The fourth-order valence-corrected chi connectivity index (χ4v) is 2.31. The molecule has 7 nitrogen and oxygen atoms in total. The molecule has 0 atom stereocenters. The molecule has 0 unspecified atom stereocenters. The van der Waals surface area contributed by atoms with Gasteiger partial charge < -0.3 is 7.43 Å². The van der Waals surface area contributed by atoms with Crippen LogP contribution in [0.15, 0.2) is 48.8 Å². The molecule has 30 heavy (non-hydrogen) atoms. The van der Waals surface area contributed by atoms with Crippen molar-refractivity contribution in [2.45, 2.75) is 12.8 Å². The zero-order chi connectivity index (χ0) is 23.8. The van der Waals surface area contributed by atoms with Crippen molar-refractivity contribution in [2.24, 2.45) is 0 Å². The number of allylic oxidation sites excluding steroid dienone is 3. The molecule has 0 heterocycles. The van der Waals surface area contributed by atoms with Crippen LogP contribution in [0.5, 0.6) is 0 Å². The third-order valence-electron chi connectivity index (χ3n) is 2.98. The number of nitrogens with zero attached hydrogens (tertiary/aromatic N) is 1. The molecule has 0 saturated carbocycles. The first-order chi connectivity index (χ1) is 14.0. The molecule has 1 aromatic carbocycles. The second-order valence-corrected chi connectivity index (χ2v) is 5.44. The second kappa shape index (κ2) is 28.5. The summed E-state index contributed by atoms with van der Waals surface area (Å²) in [6.45, 7) is 21.7. The van der Waals surface area contributed by atoms with Gasteiger partial charge in [-0.15, -0.1) is 0 Å². The minimum absolute atomic E-state index is 0. The predicted molar refractivity (Wildman–Crippen MR) is 105 cm³/mol. The number of hydrogen-bond donors (Lipinski definition) is 0. The monoisotopic (exact) mass is 450 g/mol. The Morgan fingerprint density at radius 2 is 1.50 bits per heavy atom. The van der Waals surface area contributed by atoms with Gasteiger partial charge in [0.2, 0.25) is 0 Å². The second-order valence-electron chi connectivity index (χ2n) is 4.75. The van der Waals surface area contributed by atoms with Crippen molar-refractivity contribution in [3.63, 3.8) is 0 Å². The molecule has 0 bridgehead atoms. The van der Waals surface area contributed by atoms with E-state index in [1.165, 1.54) is 0 Å². The zero-order valence-corrected chi connectivity index (χ0v) is 18.7. The molecule has 1 aromatic rings. The van der Waals surface area contributed by atoms with Crippen LogP contribution in [0.3, 0.4) is 0 Å². The maximum atomic E-state index is 12.2. The average molecular weight is 450 g/mol. The molecule has 0 N–H and O–H groups in total. The summed E-state index contributed by atoms with van der Waals surface area (Å²) in [7, 11) is 5.15. The van der Waals surface area contributed by atoms with E-state index in [0.29, 0.717) is 5.56 Å². The Morgan fingerprint density at radius 1 is 1.07 bits per heavy atom. The minimum Gasteiger partial charge on any atom is -0.358 e. The Kier molecular flexibility index (Phi) is 36.2. The first-order valence-corrected chi connectivity index (χ1v) is 8.17. The topological polar surface area (TPSA) is 109 Å². The molecule has 0 aliphatic carbocycles. The van der Waals surface area contributed by atoms with Crippen molar-refractivity contribution in [3.8, 4) is 0 Å². The van der Waals surface area contributed by atoms with Crippen molar-refractivity contribution in [2.75, 3.05) is 21.2 Å². The van der Waals surface area contributed by atoms with Gasteiger partial charge in [0.25, 0.3) is 0 Å². The molecule has 0 aliphatic heterocycles. The van der Waals surface area contributed by atoms with Gasteiger partial charge >= 0.3 is 180 Å². The van der Waals surface area contributed by atoms with Crippen molar-refractivity contribution in [1.29, 1.82) is 0 Å². The van der Waals surface area contributed by atoms with E-state index in [2.05, 4.69) is 49.0 Å². The number of hydrogen-bond acceptors (Lipinski definition) is 2. The third-order valence-corrected chi connectivity index (χ3v) is 3.51. The summed E-state index contributed by atoms with van der Waals surface area (Å²) in [6, 6.07) is 7.55. The van der Waals surface area contributed by atoms with Crippen LogP contribution in [0.25, 0.3) is 0 Å². The van der Waals surface area contributed by atoms with Crippen LogP contribution < -0.4 is 0 Å². The summed E-state index contributed by atoms with van der Waals surface area (Å²) < 4.78 is 36.3. The van der Waals surface area contributed by atoms with Gasteiger partial charge in [0, 0.05) is 0 Å². The molecule has 0 fully saturated rings. The van der Waals surface area contributed by atoms with Crippen molar-refractivity contribution < 1.29 is 44.0 Å². The molecule has 8 heteroatoms.